The number of aliphatic hydroxyl groups excluding tert-OH is 1. The third-order valence-electron chi connectivity index (χ3n) is 3.26. The average Bonchev–Trinajstić information content (AvgIpc) is 2.89. The van der Waals surface area contributed by atoms with E-state index in [0.29, 0.717) is 0 Å². The van der Waals surface area contributed by atoms with Crippen molar-refractivity contribution in [2.75, 3.05) is 11.9 Å². The van der Waals surface area contributed by atoms with Crippen molar-refractivity contribution in [3.8, 4) is 0 Å². The van der Waals surface area contributed by atoms with Crippen LogP contribution in [-0.2, 0) is 19.4 Å². The number of aromatic nitrogens is 1. The molecular weight excluding hydrogens is 256 g/mol. The molecule has 0 fully saturated rings. The number of thiazole rings is 1. The molecule has 1 N–H and O–H groups in total. The van der Waals surface area contributed by atoms with Crippen LogP contribution in [-0.4, -0.2) is 17.1 Å². The van der Waals surface area contributed by atoms with E-state index in [4.69, 9.17) is 0 Å². The largest absolute Gasteiger partial charge is 0.391 e. The maximum absolute atomic E-state index is 9.34. The van der Waals surface area contributed by atoms with Crippen LogP contribution in [0.2, 0.25) is 0 Å². The van der Waals surface area contributed by atoms with E-state index in [-0.39, 0.29) is 6.61 Å². The highest BCUT2D eigenvalue weighted by Crippen LogP contribution is 2.31. The molecule has 0 amide bonds. The summed E-state index contributed by atoms with van der Waals surface area (Å²) in [5.74, 6) is 0. The molecule has 0 saturated heterocycles. The summed E-state index contributed by atoms with van der Waals surface area (Å²) in [5, 5.41) is 10.3. The van der Waals surface area contributed by atoms with Crippen molar-refractivity contribution < 1.29 is 5.11 Å². The zero-order valence-electron chi connectivity index (χ0n) is 11.7. The van der Waals surface area contributed by atoms with Crippen LogP contribution in [0.25, 0.3) is 0 Å². The van der Waals surface area contributed by atoms with Crippen molar-refractivity contribution in [3.05, 3.63) is 40.4 Å². The second kappa shape index (κ2) is 6.17. The molecule has 0 aliphatic heterocycles. The van der Waals surface area contributed by atoms with E-state index in [0.717, 1.165) is 34.2 Å². The van der Waals surface area contributed by atoms with E-state index in [1.54, 1.807) is 11.3 Å². The van der Waals surface area contributed by atoms with Gasteiger partial charge < -0.3 is 10.0 Å². The van der Waals surface area contributed by atoms with Gasteiger partial charge in [0.05, 0.1) is 17.2 Å². The van der Waals surface area contributed by atoms with Crippen molar-refractivity contribution in [3.63, 3.8) is 0 Å². The smallest absolute Gasteiger partial charge is 0.190 e. The molecular formula is C15H20N2OS. The Labute approximate surface area is 118 Å². The third kappa shape index (κ3) is 2.96. The molecule has 2 aromatic rings. The summed E-state index contributed by atoms with van der Waals surface area (Å²) in [6.07, 6.45) is 1.91. The minimum absolute atomic E-state index is 0.0729. The predicted octanol–water partition coefficient (Wildman–Crippen LogP) is 3.53. The minimum atomic E-state index is 0.0729. The Kier molecular flexibility index (Phi) is 4.56. The maximum atomic E-state index is 9.34. The molecule has 3 nitrogen and oxygen atoms in total. The molecule has 0 radical (unpaired) electrons. The van der Waals surface area contributed by atoms with Crippen LogP contribution in [0, 0.1) is 0 Å². The second-order valence-electron chi connectivity index (χ2n) is 4.46. The Bertz CT molecular complexity index is 512. The van der Waals surface area contributed by atoms with Gasteiger partial charge in [0.15, 0.2) is 5.13 Å². The highest BCUT2D eigenvalue weighted by molar-refractivity contribution is 7.15. The zero-order valence-corrected chi connectivity index (χ0v) is 12.5. The fourth-order valence-corrected chi connectivity index (χ4v) is 2.97. The van der Waals surface area contributed by atoms with Gasteiger partial charge in [-0.2, -0.15) is 0 Å². The number of hydrogen-bond acceptors (Lipinski definition) is 4. The quantitative estimate of drug-likeness (QED) is 0.907. The Hall–Kier alpha value is -1.39. The fraction of sp³-hybridized carbons (Fsp3) is 0.400. The van der Waals surface area contributed by atoms with Crippen LogP contribution in [0.15, 0.2) is 24.3 Å². The van der Waals surface area contributed by atoms with E-state index in [1.165, 1.54) is 5.56 Å². The summed E-state index contributed by atoms with van der Waals surface area (Å²) < 4.78 is 0. The van der Waals surface area contributed by atoms with Crippen LogP contribution in [0.5, 0.6) is 0 Å². The molecule has 1 aromatic heterocycles. The Morgan fingerprint density at radius 1 is 1.16 bits per heavy atom. The van der Waals surface area contributed by atoms with Crippen molar-refractivity contribution in [1.29, 1.82) is 0 Å². The molecule has 0 atom stereocenters. The third-order valence-corrected chi connectivity index (χ3v) is 4.42. The fourth-order valence-electron chi connectivity index (χ4n) is 1.98. The van der Waals surface area contributed by atoms with Gasteiger partial charge in [-0.15, -0.1) is 0 Å². The first kappa shape index (κ1) is 14.0. The lowest BCUT2D eigenvalue weighted by atomic mass is 10.1. The molecule has 0 aliphatic carbocycles. The van der Waals surface area contributed by atoms with Gasteiger partial charge in [-0.3, -0.25) is 0 Å². The van der Waals surface area contributed by atoms with Gasteiger partial charge in [0.25, 0.3) is 0 Å². The van der Waals surface area contributed by atoms with Gasteiger partial charge in [-0.05, 0) is 30.5 Å². The number of nitrogens with zero attached hydrogens (tertiary/aromatic N) is 2. The lowest BCUT2D eigenvalue weighted by Crippen LogP contribution is -2.09. The van der Waals surface area contributed by atoms with Gasteiger partial charge in [-0.1, -0.05) is 37.3 Å². The first-order valence-corrected chi connectivity index (χ1v) is 7.43. The molecule has 2 rings (SSSR count). The molecule has 0 spiro atoms. The molecule has 0 aliphatic rings. The van der Waals surface area contributed by atoms with Gasteiger partial charge in [0, 0.05) is 12.7 Å². The maximum Gasteiger partial charge on any atom is 0.190 e. The van der Waals surface area contributed by atoms with Crippen molar-refractivity contribution in [2.24, 2.45) is 0 Å². The monoisotopic (exact) mass is 276 g/mol. The number of hydrogen-bond donors (Lipinski definition) is 1. The SMILES string of the molecule is CCc1ccc(N(C)c2nc(CC)c(CO)s2)cc1. The zero-order chi connectivity index (χ0) is 13.8. The van der Waals surface area contributed by atoms with E-state index < -0.39 is 0 Å². The summed E-state index contributed by atoms with van der Waals surface area (Å²) in [7, 11) is 2.01. The molecule has 1 aromatic carbocycles. The van der Waals surface area contributed by atoms with Crippen LogP contribution in [0.1, 0.15) is 30.0 Å². The first-order valence-electron chi connectivity index (χ1n) is 6.61. The predicted molar refractivity (Wildman–Crippen MR) is 81.3 cm³/mol. The van der Waals surface area contributed by atoms with E-state index in [9.17, 15) is 5.11 Å². The molecule has 19 heavy (non-hydrogen) atoms. The summed E-state index contributed by atoms with van der Waals surface area (Å²) in [4.78, 5) is 7.64. The van der Waals surface area contributed by atoms with E-state index in [2.05, 4.69) is 48.0 Å². The van der Waals surface area contributed by atoms with Gasteiger partial charge in [-0.25, -0.2) is 4.98 Å². The number of rotatable bonds is 5. The molecule has 102 valence electrons. The number of benzene rings is 1. The Morgan fingerprint density at radius 3 is 2.32 bits per heavy atom. The summed E-state index contributed by atoms with van der Waals surface area (Å²) in [5.41, 5.74) is 3.46. The Balaban J connectivity index is 2.26. The van der Waals surface area contributed by atoms with Crippen LogP contribution < -0.4 is 4.90 Å². The van der Waals surface area contributed by atoms with Crippen molar-refractivity contribution >= 4 is 22.2 Å². The van der Waals surface area contributed by atoms with Gasteiger partial charge >= 0.3 is 0 Å². The molecule has 0 saturated carbocycles. The average molecular weight is 276 g/mol. The van der Waals surface area contributed by atoms with Gasteiger partial charge in [0.1, 0.15) is 0 Å². The highest BCUT2D eigenvalue weighted by Gasteiger charge is 2.13. The van der Waals surface area contributed by atoms with Crippen molar-refractivity contribution in [1.82, 2.24) is 4.98 Å². The number of anilines is 2. The molecule has 1 heterocycles. The molecule has 0 bridgehead atoms. The minimum Gasteiger partial charge on any atom is -0.391 e. The Morgan fingerprint density at radius 2 is 1.84 bits per heavy atom. The standard InChI is InChI=1S/C15H20N2OS/c1-4-11-6-8-12(9-7-11)17(3)15-16-13(5-2)14(10-18)19-15/h6-9,18H,4-5,10H2,1-3H3. The topological polar surface area (TPSA) is 36.4 Å². The van der Waals surface area contributed by atoms with Crippen molar-refractivity contribution in [2.45, 2.75) is 33.3 Å². The van der Waals surface area contributed by atoms with Crippen LogP contribution in [0.3, 0.4) is 0 Å². The van der Waals surface area contributed by atoms with Crippen LogP contribution in [0.4, 0.5) is 10.8 Å². The lowest BCUT2D eigenvalue weighted by molar-refractivity contribution is 0.284. The molecule has 4 heteroatoms. The summed E-state index contributed by atoms with van der Waals surface area (Å²) in [6, 6.07) is 8.52. The summed E-state index contributed by atoms with van der Waals surface area (Å²) in [6.45, 7) is 4.29. The second-order valence-corrected chi connectivity index (χ2v) is 5.52. The van der Waals surface area contributed by atoms with E-state index >= 15 is 0 Å². The first-order chi connectivity index (χ1) is 9.19. The molecule has 0 unspecified atom stereocenters. The highest BCUT2D eigenvalue weighted by atomic mass is 32.1. The van der Waals surface area contributed by atoms with E-state index in [1.807, 2.05) is 7.05 Å². The normalized spacial score (nSPS) is 10.7. The summed E-state index contributed by atoms with van der Waals surface area (Å²) >= 11 is 1.56. The number of aliphatic hydroxyl groups is 1. The van der Waals surface area contributed by atoms with Gasteiger partial charge in [0.2, 0.25) is 0 Å². The number of aryl methyl sites for hydroxylation is 2. The van der Waals surface area contributed by atoms with Crippen LogP contribution >= 0.6 is 11.3 Å². The lowest BCUT2D eigenvalue weighted by Gasteiger charge is -2.16.